The molecule has 0 fully saturated rings. The van der Waals surface area contributed by atoms with E-state index in [1.54, 1.807) is 24.3 Å². The first-order valence-corrected chi connectivity index (χ1v) is 7.20. The van der Waals surface area contributed by atoms with E-state index in [-0.39, 0.29) is 22.4 Å². The van der Waals surface area contributed by atoms with E-state index in [9.17, 15) is 14.7 Å². The molecule has 0 bridgehead atoms. The highest BCUT2D eigenvalue weighted by atomic mass is 32.1. The summed E-state index contributed by atoms with van der Waals surface area (Å²) in [6.45, 7) is 2.64. The van der Waals surface area contributed by atoms with Crippen molar-refractivity contribution in [2.75, 3.05) is 12.4 Å². The zero-order valence-corrected chi connectivity index (χ0v) is 14.2. The monoisotopic (exact) mass is 350 g/mol. The number of ether oxygens (including phenoxy) is 1. The Kier molecular flexibility index (Phi) is 7.37. The van der Waals surface area contributed by atoms with Crippen LogP contribution in [0.1, 0.15) is 13.8 Å². The second-order valence-corrected chi connectivity index (χ2v) is 4.94. The Hall–Kier alpha value is -2.94. The minimum absolute atomic E-state index is 0.0683. The van der Waals surface area contributed by atoms with Crippen LogP contribution in [0.5, 0.6) is 5.75 Å². The molecule has 2 amide bonds. The average Bonchev–Trinajstić information content (AvgIpc) is 2.53. The Labute approximate surface area is 144 Å². The van der Waals surface area contributed by atoms with Crippen molar-refractivity contribution in [3.8, 4) is 5.75 Å². The molecule has 0 unspecified atom stereocenters. The predicted molar refractivity (Wildman–Crippen MR) is 95.0 cm³/mol. The lowest BCUT2D eigenvalue weighted by molar-refractivity contribution is -0.119. The fraction of sp³-hybridized carbons (Fsp3) is 0.200. The summed E-state index contributed by atoms with van der Waals surface area (Å²) in [5.74, 6) is -0.490. The normalized spacial score (nSPS) is 11.5. The van der Waals surface area contributed by atoms with E-state index in [0.29, 0.717) is 11.4 Å². The number of methoxy groups -OCH3 is 1. The van der Waals surface area contributed by atoms with Gasteiger partial charge in [0.05, 0.1) is 12.7 Å². The van der Waals surface area contributed by atoms with Gasteiger partial charge in [0, 0.05) is 18.8 Å². The van der Waals surface area contributed by atoms with Crippen LogP contribution in [0.3, 0.4) is 0 Å². The number of rotatable bonds is 4. The summed E-state index contributed by atoms with van der Waals surface area (Å²) in [4.78, 5) is 26.7. The molecule has 0 aromatic heterocycles. The number of benzene rings is 1. The van der Waals surface area contributed by atoms with Crippen molar-refractivity contribution in [3.05, 3.63) is 35.6 Å². The van der Waals surface area contributed by atoms with Crippen LogP contribution in [0.2, 0.25) is 0 Å². The van der Waals surface area contributed by atoms with Crippen LogP contribution in [0.15, 0.2) is 40.6 Å². The molecule has 1 rings (SSSR count). The molecule has 1 aromatic carbocycles. The summed E-state index contributed by atoms with van der Waals surface area (Å²) in [6, 6.07) is 6.68. The number of allylic oxidation sites excluding steroid dienone is 1. The number of hydrazine groups is 1. The maximum atomic E-state index is 12.2. The van der Waals surface area contributed by atoms with Crippen LogP contribution < -0.4 is 20.9 Å². The van der Waals surface area contributed by atoms with E-state index in [0.717, 1.165) is 6.21 Å². The van der Waals surface area contributed by atoms with Gasteiger partial charge in [-0.3, -0.25) is 20.4 Å². The molecular weight excluding hydrogens is 332 g/mol. The van der Waals surface area contributed by atoms with Gasteiger partial charge in [-0.1, -0.05) is 0 Å². The minimum Gasteiger partial charge on any atom is -0.512 e. The third-order valence-corrected chi connectivity index (χ3v) is 2.85. The van der Waals surface area contributed by atoms with Crippen molar-refractivity contribution >= 4 is 41.0 Å². The third-order valence-electron chi connectivity index (χ3n) is 2.64. The van der Waals surface area contributed by atoms with Crippen molar-refractivity contribution < 1.29 is 19.4 Å². The first-order chi connectivity index (χ1) is 11.3. The van der Waals surface area contributed by atoms with Gasteiger partial charge in [0.15, 0.2) is 0 Å². The topological polar surface area (TPSA) is 112 Å². The smallest absolute Gasteiger partial charge is 0.260 e. The Bertz CT molecular complexity index is 679. The van der Waals surface area contributed by atoms with Crippen molar-refractivity contribution in [1.82, 2.24) is 10.9 Å². The van der Waals surface area contributed by atoms with Crippen molar-refractivity contribution in [3.63, 3.8) is 0 Å². The van der Waals surface area contributed by atoms with Crippen molar-refractivity contribution in [1.29, 1.82) is 0 Å². The molecule has 0 spiro atoms. The van der Waals surface area contributed by atoms with Gasteiger partial charge in [-0.15, -0.1) is 0 Å². The van der Waals surface area contributed by atoms with Crippen LogP contribution >= 0.6 is 12.2 Å². The number of carbonyl (C=O) groups is 2. The highest BCUT2D eigenvalue weighted by Crippen LogP contribution is 2.15. The lowest BCUT2D eigenvalue weighted by Gasteiger charge is -2.08. The number of amides is 2. The molecule has 0 aliphatic heterocycles. The fourth-order valence-corrected chi connectivity index (χ4v) is 1.59. The molecule has 24 heavy (non-hydrogen) atoms. The highest BCUT2D eigenvalue weighted by molar-refractivity contribution is 7.80. The first kappa shape index (κ1) is 19.1. The summed E-state index contributed by atoms with van der Waals surface area (Å²) >= 11 is 4.85. The average molecular weight is 350 g/mol. The minimum atomic E-state index is -0.564. The molecule has 0 aliphatic carbocycles. The molecule has 8 nitrogen and oxygen atoms in total. The molecular formula is C15H18N4O4S. The molecule has 0 saturated heterocycles. The second-order valence-electron chi connectivity index (χ2n) is 4.55. The zero-order valence-electron chi connectivity index (χ0n) is 13.4. The summed E-state index contributed by atoms with van der Waals surface area (Å²) in [5, 5.41) is 12.2. The lowest BCUT2D eigenvalue weighted by Crippen LogP contribution is -2.38. The van der Waals surface area contributed by atoms with Crippen molar-refractivity contribution in [2.45, 2.75) is 13.8 Å². The van der Waals surface area contributed by atoms with Crippen LogP contribution in [0, 0.1) is 0 Å². The zero-order chi connectivity index (χ0) is 18.1. The number of carbonyl (C=O) groups excluding carboxylic acids is 2. The van der Waals surface area contributed by atoms with E-state index in [4.69, 9.17) is 17.0 Å². The van der Waals surface area contributed by atoms with Crippen LogP contribution in [0.4, 0.5) is 5.69 Å². The number of aliphatic hydroxyl groups is 1. The number of anilines is 1. The summed E-state index contributed by atoms with van der Waals surface area (Å²) < 4.78 is 5.03. The number of thiocarbonyl (C=S) groups is 1. The quantitative estimate of drug-likeness (QED) is 0.215. The number of hydrogen-bond acceptors (Lipinski definition) is 5. The van der Waals surface area contributed by atoms with Gasteiger partial charge in [0.2, 0.25) is 11.0 Å². The van der Waals surface area contributed by atoms with Gasteiger partial charge in [-0.25, -0.2) is 4.99 Å². The van der Waals surface area contributed by atoms with Crippen LogP contribution in [0.25, 0.3) is 0 Å². The summed E-state index contributed by atoms with van der Waals surface area (Å²) in [7, 11) is 1.54. The molecule has 0 saturated carbocycles. The number of aliphatic hydroxyl groups excluding tert-OH is 1. The SMILES string of the molecule is COc1ccc(NC(=O)C(/C=N\C(=S)NNC(C)=O)=C(\C)O)cc1. The maximum absolute atomic E-state index is 12.2. The number of hydrogen-bond donors (Lipinski definition) is 4. The molecule has 0 heterocycles. The molecule has 128 valence electrons. The van der Waals surface area contributed by atoms with Gasteiger partial charge >= 0.3 is 0 Å². The van der Waals surface area contributed by atoms with Gasteiger partial charge in [-0.2, -0.15) is 0 Å². The van der Waals surface area contributed by atoms with Gasteiger partial charge in [0.1, 0.15) is 11.5 Å². The number of nitrogens with zero attached hydrogens (tertiary/aromatic N) is 1. The fourth-order valence-electron chi connectivity index (χ4n) is 1.49. The van der Waals surface area contributed by atoms with E-state index in [2.05, 4.69) is 21.2 Å². The van der Waals surface area contributed by atoms with Gasteiger partial charge < -0.3 is 15.2 Å². The van der Waals surface area contributed by atoms with E-state index < -0.39 is 5.91 Å². The molecule has 0 atom stereocenters. The Morgan fingerprint density at radius 1 is 1.21 bits per heavy atom. The lowest BCUT2D eigenvalue weighted by atomic mass is 10.2. The first-order valence-electron chi connectivity index (χ1n) is 6.79. The Morgan fingerprint density at radius 3 is 2.33 bits per heavy atom. The summed E-state index contributed by atoms with van der Waals surface area (Å²) in [6.07, 6.45) is 1.10. The molecule has 0 aliphatic rings. The highest BCUT2D eigenvalue weighted by Gasteiger charge is 2.12. The van der Waals surface area contributed by atoms with Gasteiger partial charge in [0.25, 0.3) is 5.91 Å². The summed E-state index contributed by atoms with van der Waals surface area (Å²) in [5.41, 5.74) is 5.05. The molecule has 0 radical (unpaired) electrons. The standard InChI is InChI=1S/C15H18N4O4S/c1-9(20)13(8-16-15(24)19-18-10(2)21)14(22)17-11-4-6-12(23-3)7-5-11/h4-8,20H,1-3H3,(H,17,22)(H,18,21)(H,19,24)/b13-9+,16-8-. The van der Waals surface area contributed by atoms with Crippen LogP contribution in [-0.2, 0) is 9.59 Å². The largest absolute Gasteiger partial charge is 0.512 e. The number of nitrogens with one attached hydrogen (secondary N) is 3. The predicted octanol–water partition coefficient (Wildman–Crippen LogP) is 1.46. The number of aliphatic imine (C=N–C) groups is 1. The van der Waals surface area contributed by atoms with Crippen LogP contribution in [-0.4, -0.2) is 35.4 Å². The van der Waals surface area contributed by atoms with E-state index in [1.165, 1.54) is 21.0 Å². The molecule has 4 N–H and O–H groups in total. The second kappa shape index (κ2) is 9.26. The van der Waals surface area contributed by atoms with Crippen molar-refractivity contribution in [2.24, 2.45) is 4.99 Å². The van der Waals surface area contributed by atoms with E-state index in [1.807, 2.05) is 0 Å². The molecule has 1 aromatic rings. The Morgan fingerprint density at radius 2 is 1.83 bits per heavy atom. The third kappa shape index (κ3) is 6.44. The molecule has 9 heteroatoms. The Balaban J connectivity index is 2.77. The van der Waals surface area contributed by atoms with Gasteiger partial charge in [-0.05, 0) is 43.4 Å². The maximum Gasteiger partial charge on any atom is 0.260 e. The van der Waals surface area contributed by atoms with E-state index >= 15 is 0 Å².